The summed E-state index contributed by atoms with van der Waals surface area (Å²) in [6, 6.07) is 0. The first-order valence-corrected chi connectivity index (χ1v) is 9.78. The van der Waals surface area contributed by atoms with E-state index in [9.17, 15) is 18.0 Å². The number of ether oxygens (including phenoxy) is 1. The molecular formula is C15H26N2O5S. The van der Waals surface area contributed by atoms with Crippen molar-refractivity contribution in [1.82, 2.24) is 9.21 Å². The molecule has 2 rings (SSSR count). The van der Waals surface area contributed by atoms with Crippen molar-refractivity contribution in [2.75, 3.05) is 38.5 Å². The molecule has 0 unspecified atom stereocenters. The van der Waals surface area contributed by atoms with E-state index in [1.165, 1.54) is 11.2 Å². The van der Waals surface area contributed by atoms with E-state index in [2.05, 4.69) is 0 Å². The minimum absolute atomic E-state index is 0.0442. The molecule has 2 heterocycles. The highest BCUT2D eigenvalue weighted by molar-refractivity contribution is 7.89. The SMILES string of the molecule is CCOC(=O)[C@@]12CCCN(S(=O)(=O)CC)C[C@@H]1CN(C(C)=O)C2. The van der Waals surface area contributed by atoms with E-state index < -0.39 is 15.4 Å². The van der Waals surface area contributed by atoms with E-state index in [4.69, 9.17) is 4.74 Å². The van der Waals surface area contributed by atoms with Crippen LogP contribution in [0.1, 0.15) is 33.6 Å². The van der Waals surface area contributed by atoms with Gasteiger partial charge in [0.1, 0.15) is 0 Å². The normalized spacial score (nSPS) is 29.0. The van der Waals surface area contributed by atoms with Gasteiger partial charge >= 0.3 is 5.97 Å². The molecule has 2 aliphatic rings. The molecule has 0 bridgehead atoms. The number of carbonyl (C=O) groups is 2. The van der Waals surface area contributed by atoms with E-state index in [0.29, 0.717) is 32.5 Å². The number of esters is 1. The Labute approximate surface area is 138 Å². The number of sulfonamides is 1. The number of likely N-dealkylation sites (tertiary alicyclic amines) is 1. The number of nitrogens with zero attached hydrogens (tertiary/aromatic N) is 2. The molecule has 0 spiro atoms. The predicted molar refractivity (Wildman–Crippen MR) is 85.1 cm³/mol. The van der Waals surface area contributed by atoms with Crippen LogP contribution in [0.5, 0.6) is 0 Å². The highest BCUT2D eigenvalue weighted by atomic mass is 32.2. The highest BCUT2D eigenvalue weighted by Crippen LogP contribution is 2.44. The van der Waals surface area contributed by atoms with Gasteiger partial charge in [-0.05, 0) is 26.7 Å². The molecule has 1 amide bonds. The second kappa shape index (κ2) is 6.76. The molecule has 0 aliphatic carbocycles. The van der Waals surface area contributed by atoms with Gasteiger partial charge in [-0.15, -0.1) is 0 Å². The zero-order valence-corrected chi connectivity index (χ0v) is 14.9. The van der Waals surface area contributed by atoms with E-state index >= 15 is 0 Å². The Balaban J connectivity index is 2.34. The summed E-state index contributed by atoms with van der Waals surface area (Å²) in [4.78, 5) is 26.0. The topological polar surface area (TPSA) is 84.0 Å². The van der Waals surface area contributed by atoms with Gasteiger partial charge in [-0.3, -0.25) is 9.59 Å². The molecule has 2 saturated heterocycles. The van der Waals surface area contributed by atoms with Crippen LogP contribution in [0.4, 0.5) is 0 Å². The molecule has 0 N–H and O–H groups in total. The predicted octanol–water partition coefficient (Wildman–Crippen LogP) is 0.460. The third-order valence-electron chi connectivity index (χ3n) is 5.04. The fourth-order valence-electron chi connectivity index (χ4n) is 3.68. The largest absolute Gasteiger partial charge is 0.466 e. The maximum absolute atomic E-state index is 12.6. The third kappa shape index (κ3) is 3.38. The first kappa shape index (κ1) is 18.2. The van der Waals surface area contributed by atoms with Crippen molar-refractivity contribution in [2.45, 2.75) is 33.6 Å². The van der Waals surface area contributed by atoms with Gasteiger partial charge in [-0.1, -0.05) is 0 Å². The number of fused-ring (bicyclic) bond motifs is 1. The standard InChI is InChI=1S/C15H26N2O5S/c1-4-22-14(19)15-7-6-8-17(23(20,21)5-2)10-13(15)9-16(11-15)12(3)18/h13H,4-11H2,1-3H3/t13-,15+/m0/s1. The summed E-state index contributed by atoms with van der Waals surface area (Å²) in [5, 5.41) is 0. The van der Waals surface area contributed by atoms with Gasteiger partial charge < -0.3 is 9.64 Å². The van der Waals surface area contributed by atoms with Crippen LogP contribution in [0, 0.1) is 11.3 Å². The quantitative estimate of drug-likeness (QED) is 0.691. The van der Waals surface area contributed by atoms with Gasteiger partial charge in [0.05, 0.1) is 17.8 Å². The van der Waals surface area contributed by atoms with Crippen molar-refractivity contribution in [3.63, 3.8) is 0 Å². The average molecular weight is 346 g/mol. The summed E-state index contributed by atoms with van der Waals surface area (Å²) in [6.07, 6.45) is 1.15. The van der Waals surface area contributed by atoms with E-state index in [-0.39, 0.29) is 36.7 Å². The molecule has 7 nitrogen and oxygen atoms in total. The summed E-state index contributed by atoms with van der Waals surface area (Å²) in [5.74, 6) is -0.562. The fraction of sp³-hybridized carbons (Fsp3) is 0.867. The highest BCUT2D eigenvalue weighted by Gasteiger charge is 2.55. The van der Waals surface area contributed by atoms with Crippen LogP contribution < -0.4 is 0 Å². The summed E-state index contributed by atoms with van der Waals surface area (Å²) in [5.41, 5.74) is -0.778. The van der Waals surface area contributed by atoms with Crippen molar-refractivity contribution in [2.24, 2.45) is 11.3 Å². The van der Waals surface area contributed by atoms with Crippen LogP contribution >= 0.6 is 0 Å². The molecule has 8 heteroatoms. The van der Waals surface area contributed by atoms with Crippen molar-refractivity contribution in [1.29, 1.82) is 0 Å². The molecule has 0 aromatic rings. The molecule has 2 aliphatic heterocycles. The second-order valence-electron chi connectivity index (χ2n) is 6.34. The zero-order valence-electron chi connectivity index (χ0n) is 14.1. The lowest BCUT2D eigenvalue weighted by molar-refractivity contribution is -0.157. The summed E-state index contributed by atoms with van der Waals surface area (Å²) < 4.78 is 31.2. The fourth-order valence-corrected chi connectivity index (χ4v) is 4.86. The third-order valence-corrected chi connectivity index (χ3v) is 6.88. The van der Waals surface area contributed by atoms with E-state index in [1.54, 1.807) is 18.7 Å². The first-order valence-electron chi connectivity index (χ1n) is 8.17. The van der Waals surface area contributed by atoms with Crippen LogP contribution in [-0.2, 0) is 24.3 Å². The van der Waals surface area contributed by atoms with Crippen molar-refractivity contribution in [3.8, 4) is 0 Å². The Morgan fingerprint density at radius 2 is 1.96 bits per heavy atom. The molecule has 0 saturated carbocycles. The number of rotatable bonds is 4. The Morgan fingerprint density at radius 3 is 2.52 bits per heavy atom. The minimum atomic E-state index is -3.31. The minimum Gasteiger partial charge on any atom is -0.466 e. The molecule has 2 fully saturated rings. The molecule has 0 radical (unpaired) electrons. The number of carbonyl (C=O) groups excluding carboxylic acids is 2. The molecule has 0 aromatic heterocycles. The van der Waals surface area contributed by atoms with Gasteiger partial charge in [-0.25, -0.2) is 12.7 Å². The van der Waals surface area contributed by atoms with Crippen LogP contribution in [0.2, 0.25) is 0 Å². The Kier molecular flexibility index (Phi) is 5.35. The Morgan fingerprint density at radius 1 is 1.26 bits per heavy atom. The maximum Gasteiger partial charge on any atom is 0.314 e. The van der Waals surface area contributed by atoms with E-state index in [0.717, 1.165) is 0 Å². The van der Waals surface area contributed by atoms with Crippen LogP contribution in [0.3, 0.4) is 0 Å². The van der Waals surface area contributed by atoms with Gasteiger partial charge in [0.2, 0.25) is 15.9 Å². The van der Waals surface area contributed by atoms with Crippen molar-refractivity contribution >= 4 is 21.9 Å². The van der Waals surface area contributed by atoms with Gasteiger partial charge in [0.15, 0.2) is 0 Å². The average Bonchev–Trinajstić information content (AvgIpc) is 2.77. The van der Waals surface area contributed by atoms with Gasteiger partial charge in [0, 0.05) is 39.0 Å². The number of amides is 1. The molecule has 0 aromatic carbocycles. The Hall–Kier alpha value is -1.15. The van der Waals surface area contributed by atoms with Gasteiger partial charge in [0.25, 0.3) is 0 Å². The lowest BCUT2D eigenvalue weighted by atomic mass is 9.75. The smallest absolute Gasteiger partial charge is 0.314 e. The summed E-state index contributed by atoms with van der Waals surface area (Å²) >= 11 is 0. The van der Waals surface area contributed by atoms with Crippen LogP contribution in [0.15, 0.2) is 0 Å². The van der Waals surface area contributed by atoms with Crippen molar-refractivity contribution < 1.29 is 22.7 Å². The first-order chi connectivity index (χ1) is 10.8. The number of hydrogen-bond acceptors (Lipinski definition) is 5. The molecular weight excluding hydrogens is 320 g/mol. The van der Waals surface area contributed by atoms with Crippen LogP contribution in [-0.4, -0.2) is 68.0 Å². The lowest BCUT2D eigenvalue weighted by Crippen LogP contribution is -2.43. The van der Waals surface area contributed by atoms with Gasteiger partial charge in [-0.2, -0.15) is 0 Å². The summed E-state index contributed by atoms with van der Waals surface area (Å²) in [6.45, 7) is 6.57. The number of hydrogen-bond donors (Lipinski definition) is 0. The van der Waals surface area contributed by atoms with Crippen molar-refractivity contribution in [3.05, 3.63) is 0 Å². The zero-order chi connectivity index (χ0) is 17.3. The monoisotopic (exact) mass is 346 g/mol. The lowest BCUT2D eigenvalue weighted by Gasteiger charge is -2.31. The maximum atomic E-state index is 12.6. The molecule has 2 atom stereocenters. The molecule has 23 heavy (non-hydrogen) atoms. The van der Waals surface area contributed by atoms with E-state index in [1.807, 2.05) is 0 Å². The Bertz CT molecular complexity index is 576. The van der Waals surface area contributed by atoms with Crippen LogP contribution in [0.25, 0.3) is 0 Å². The summed E-state index contributed by atoms with van der Waals surface area (Å²) in [7, 11) is -3.31. The molecule has 132 valence electrons. The second-order valence-corrected chi connectivity index (χ2v) is 8.59.